The van der Waals surface area contributed by atoms with Gasteiger partial charge in [0.2, 0.25) is 0 Å². The molecule has 0 amide bonds. The van der Waals surface area contributed by atoms with Crippen molar-refractivity contribution >= 4 is 28.4 Å². The molecule has 1 aromatic heterocycles. The first-order valence-corrected chi connectivity index (χ1v) is 7.08. The van der Waals surface area contributed by atoms with Crippen LogP contribution in [0.25, 0.3) is 11.4 Å². The Morgan fingerprint density at radius 1 is 1.26 bits per heavy atom. The van der Waals surface area contributed by atoms with Gasteiger partial charge >= 0.3 is 0 Å². The largest absolute Gasteiger partial charge is 0.497 e. The van der Waals surface area contributed by atoms with Gasteiger partial charge in [-0.05, 0) is 40.6 Å². The zero-order chi connectivity index (χ0) is 14.0. The van der Waals surface area contributed by atoms with Crippen LogP contribution in [-0.2, 0) is 0 Å². The van der Waals surface area contributed by atoms with Crippen molar-refractivity contribution < 1.29 is 4.74 Å². The summed E-state index contributed by atoms with van der Waals surface area (Å²) >= 11 is 2.20. The molecule has 0 aliphatic heterocycles. The van der Waals surface area contributed by atoms with Crippen molar-refractivity contribution in [1.29, 1.82) is 0 Å². The number of benzene rings is 1. The number of halogens is 1. The molecule has 0 aliphatic rings. The summed E-state index contributed by atoms with van der Waals surface area (Å²) in [5.74, 6) is 2.25. The highest BCUT2D eigenvalue weighted by molar-refractivity contribution is 14.1. The van der Waals surface area contributed by atoms with Crippen LogP contribution in [-0.4, -0.2) is 17.1 Å². The maximum atomic E-state index is 5.98. The number of aromatic nitrogens is 2. The molecule has 1 heterocycles. The van der Waals surface area contributed by atoms with Crippen LogP contribution in [0.2, 0.25) is 0 Å². The lowest BCUT2D eigenvalue weighted by Crippen LogP contribution is -2.06. The minimum absolute atomic E-state index is 0.307. The molecular formula is C14H16IN3O. The second kappa shape index (κ2) is 5.73. The molecular weight excluding hydrogens is 353 g/mol. The number of methoxy groups -OCH3 is 1. The summed E-state index contributed by atoms with van der Waals surface area (Å²) in [6.45, 7) is 4.19. The molecule has 0 spiro atoms. The van der Waals surface area contributed by atoms with E-state index < -0.39 is 0 Å². The van der Waals surface area contributed by atoms with Gasteiger partial charge in [-0.15, -0.1) is 0 Å². The molecule has 100 valence electrons. The maximum Gasteiger partial charge on any atom is 0.161 e. The molecule has 1 aromatic carbocycles. The molecule has 2 N–H and O–H groups in total. The van der Waals surface area contributed by atoms with Gasteiger partial charge in [0.1, 0.15) is 11.6 Å². The summed E-state index contributed by atoms with van der Waals surface area (Å²) in [6, 6.07) is 7.67. The van der Waals surface area contributed by atoms with E-state index in [1.165, 1.54) is 0 Å². The molecule has 0 radical (unpaired) electrons. The van der Waals surface area contributed by atoms with Crippen LogP contribution in [0.5, 0.6) is 5.75 Å². The fraction of sp³-hybridized carbons (Fsp3) is 0.286. The molecule has 0 atom stereocenters. The Morgan fingerprint density at radius 2 is 2.00 bits per heavy atom. The summed E-state index contributed by atoms with van der Waals surface area (Å²) in [5, 5.41) is 0. The second-order valence-electron chi connectivity index (χ2n) is 4.52. The topological polar surface area (TPSA) is 61.0 Å². The molecule has 0 bridgehead atoms. The van der Waals surface area contributed by atoms with Crippen LogP contribution < -0.4 is 10.5 Å². The molecule has 5 heteroatoms. The van der Waals surface area contributed by atoms with E-state index in [0.717, 1.165) is 20.6 Å². The van der Waals surface area contributed by atoms with E-state index in [4.69, 9.17) is 10.5 Å². The monoisotopic (exact) mass is 369 g/mol. The summed E-state index contributed by atoms with van der Waals surface area (Å²) in [6.07, 6.45) is 0. The molecule has 0 saturated heterocycles. The summed E-state index contributed by atoms with van der Waals surface area (Å²) in [5.41, 5.74) is 7.86. The van der Waals surface area contributed by atoms with Gasteiger partial charge in [-0.3, -0.25) is 0 Å². The highest BCUT2D eigenvalue weighted by atomic mass is 127. The Balaban J connectivity index is 2.56. The lowest BCUT2D eigenvalue weighted by molar-refractivity contribution is 0.415. The zero-order valence-electron chi connectivity index (χ0n) is 11.1. The first-order chi connectivity index (χ1) is 9.02. The van der Waals surface area contributed by atoms with Gasteiger partial charge in [0.15, 0.2) is 5.82 Å². The highest BCUT2D eigenvalue weighted by Crippen LogP contribution is 2.28. The van der Waals surface area contributed by atoms with Gasteiger partial charge in [0.05, 0.1) is 16.4 Å². The molecule has 2 rings (SSSR count). The number of nitrogen functional groups attached to an aromatic ring is 1. The van der Waals surface area contributed by atoms with E-state index >= 15 is 0 Å². The smallest absolute Gasteiger partial charge is 0.161 e. The fourth-order valence-corrected chi connectivity index (χ4v) is 2.62. The minimum atomic E-state index is 0.307. The quantitative estimate of drug-likeness (QED) is 0.842. The summed E-state index contributed by atoms with van der Waals surface area (Å²) in [7, 11) is 1.64. The predicted octanol–water partition coefficient (Wildman–Crippen LogP) is 3.46. The third kappa shape index (κ3) is 2.97. The molecule has 0 unspecified atom stereocenters. The van der Waals surface area contributed by atoms with Crippen molar-refractivity contribution in [2.75, 3.05) is 12.8 Å². The highest BCUT2D eigenvalue weighted by Gasteiger charge is 2.14. The number of hydrogen-bond donors (Lipinski definition) is 1. The zero-order valence-corrected chi connectivity index (χ0v) is 13.3. The molecule has 2 aromatic rings. The van der Waals surface area contributed by atoms with Crippen LogP contribution in [0.3, 0.4) is 0 Å². The van der Waals surface area contributed by atoms with Crippen molar-refractivity contribution in [1.82, 2.24) is 9.97 Å². The van der Waals surface area contributed by atoms with E-state index in [2.05, 4.69) is 46.4 Å². The van der Waals surface area contributed by atoms with E-state index in [-0.39, 0.29) is 0 Å². The van der Waals surface area contributed by atoms with E-state index in [1.54, 1.807) is 7.11 Å². The predicted molar refractivity (Wildman–Crippen MR) is 85.2 cm³/mol. The van der Waals surface area contributed by atoms with Gasteiger partial charge in [-0.1, -0.05) is 26.0 Å². The number of nitrogens with zero attached hydrogens (tertiary/aromatic N) is 2. The van der Waals surface area contributed by atoms with Crippen molar-refractivity contribution in [3.63, 3.8) is 0 Å². The normalized spacial score (nSPS) is 10.8. The van der Waals surface area contributed by atoms with Crippen LogP contribution in [0.15, 0.2) is 24.3 Å². The standard InChI is InChI=1S/C14H16IN3O/c1-8(2)12-11(15)13(16)18-14(17-12)9-5-4-6-10(7-9)19-3/h4-8H,1-3H3,(H2,16,17,18). The SMILES string of the molecule is COc1cccc(-c2nc(N)c(I)c(C(C)C)n2)c1. The number of anilines is 1. The number of nitrogens with two attached hydrogens (primary N) is 1. The summed E-state index contributed by atoms with van der Waals surface area (Å²) < 4.78 is 6.15. The van der Waals surface area contributed by atoms with E-state index in [1.807, 2.05) is 24.3 Å². The maximum absolute atomic E-state index is 5.98. The Kier molecular flexibility index (Phi) is 4.24. The number of ether oxygens (including phenoxy) is 1. The van der Waals surface area contributed by atoms with Crippen molar-refractivity contribution in [3.8, 4) is 17.1 Å². The molecule has 0 fully saturated rings. The van der Waals surface area contributed by atoms with Crippen molar-refractivity contribution in [2.45, 2.75) is 19.8 Å². The van der Waals surface area contributed by atoms with Crippen molar-refractivity contribution in [3.05, 3.63) is 33.5 Å². The van der Waals surface area contributed by atoms with Gasteiger partial charge in [0, 0.05) is 5.56 Å². The summed E-state index contributed by atoms with van der Waals surface area (Å²) in [4.78, 5) is 8.99. The van der Waals surface area contributed by atoms with Crippen LogP contribution in [0.1, 0.15) is 25.5 Å². The molecule has 0 aliphatic carbocycles. The van der Waals surface area contributed by atoms with E-state index in [0.29, 0.717) is 17.6 Å². The first-order valence-electron chi connectivity index (χ1n) is 6.00. The second-order valence-corrected chi connectivity index (χ2v) is 5.60. The average molecular weight is 369 g/mol. The fourth-order valence-electron chi connectivity index (χ4n) is 1.76. The number of hydrogen-bond acceptors (Lipinski definition) is 4. The third-order valence-corrected chi connectivity index (χ3v) is 3.88. The Morgan fingerprint density at radius 3 is 2.63 bits per heavy atom. The minimum Gasteiger partial charge on any atom is -0.497 e. The van der Waals surface area contributed by atoms with Crippen LogP contribution in [0, 0.1) is 3.57 Å². The number of rotatable bonds is 3. The molecule has 0 saturated carbocycles. The van der Waals surface area contributed by atoms with Gasteiger partial charge in [0.25, 0.3) is 0 Å². The van der Waals surface area contributed by atoms with Crippen molar-refractivity contribution in [2.24, 2.45) is 0 Å². The Labute approximate surface area is 126 Å². The van der Waals surface area contributed by atoms with Crippen LogP contribution >= 0.6 is 22.6 Å². The van der Waals surface area contributed by atoms with Gasteiger partial charge in [-0.2, -0.15) is 0 Å². The Hall–Kier alpha value is -1.37. The molecule has 19 heavy (non-hydrogen) atoms. The van der Waals surface area contributed by atoms with Gasteiger partial charge in [-0.25, -0.2) is 9.97 Å². The first kappa shape index (κ1) is 14.0. The van der Waals surface area contributed by atoms with Crippen LogP contribution in [0.4, 0.5) is 5.82 Å². The van der Waals surface area contributed by atoms with Gasteiger partial charge < -0.3 is 10.5 Å². The van der Waals surface area contributed by atoms with E-state index in [9.17, 15) is 0 Å². The third-order valence-electron chi connectivity index (χ3n) is 2.78. The lowest BCUT2D eigenvalue weighted by atomic mass is 10.1. The Bertz CT molecular complexity index is 599. The average Bonchev–Trinajstić information content (AvgIpc) is 2.41. The lowest BCUT2D eigenvalue weighted by Gasteiger charge is -2.12. The molecule has 4 nitrogen and oxygen atoms in total.